The number of hydrogen-bond donors (Lipinski definition) is 2. The molecule has 0 spiro atoms. The van der Waals surface area contributed by atoms with Crippen molar-refractivity contribution in [2.75, 3.05) is 5.32 Å². The van der Waals surface area contributed by atoms with E-state index in [0.717, 1.165) is 5.69 Å². The highest BCUT2D eigenvalue weighted by molar-refractivity contribution is 5.93. The fourth-order valence-corrected chi connectivity index (χ4v) is 1.15. The van der Waals surface area contributed by atoms with E-state index < -0.39 is 5.97 Å². The normalized spacial score (nSPS) is 11.9. The minimum Gasteiger partial charge on any atom is -0.478 e. The lowest BCUT2D eigenvalue weighted by Crippen LogP contribution is -2.15. The third-order valence-electron chi connectivity index (χ3n) is 2.01. The second kappa shape index (κ2) is 4.59. The number of carbonyl (C=O) groups is 1. The second-order valence-electron chi connectivity index (χ2n) is 3.35. The molecule has 1 aromatic rings. The Labute approximate surface area is 88.7 Å². The maximum Gasteiger partial charge on any atom is 0.339 e. The topological polar surface area (TPSA) is 62.2 Å². The molecule has 15 heavy (non-hydrogen) atoms. The number of carboxylic acid groups (broad SMARTS) is 1. The number of hydrogen-bond acceptors (Lipinski definition) is 3. The number of nitrogens with zero attached hydrogens (tertiary/aromatic N) is 1. The fourth-order valence-electron chi connectivity index (χ4n) is 1.15. The number of pyridine rings is 1. The Morgan fingerprint density at radius 1 is 1.73 bits per heavy atom. The van der Waals surface area contributed by atoms with E-state index >= 15 is 0 Å². The number of aromatic nitrogens is 1. The monoisotopic (exact) mass is 206 g/mol. The van der Waals surface area contributed by atoms with Crippen LogP contribution < -0.4 is 5.32 Å². The SMILES string of the molecule is C=CC(C)Nc1cc(C)ncc1C(=O)O. The van der Waals surface area contributed by atoms with Gasteiger partial charge in [0.2, 0.25) is 0 Å². The third kappa shape index (κ3) is 2.80. The lowest BCUT2D eigenvalue weighted by Gasteiger charge is -2.13. The summed E-state index contributed by atoms with van der Waals surface area (Å²) in [5, 5.41) is 12.0. The lowest BCUT2D eigenvalue weighted by atomic mass is 10.2. The Morgan fingerprint density at radius 2 is 2.40 bits per heavy atom. The Hall–Kier alpha value is -1.84. The highest BCUT2D eigenvalue weighted by Crippen LogP contribution is 2.16. The molecule has 0 aliphatic heterocycles. The van der Waals surface area contributed by atoms with Gasteiger partial charge < -0.3 is 10.4 Å². The average Bonchev–Trinajstić information content (AvgIpc) is 2.17. The van der Waals surface area contributed by atoms with Crippen LogP contribution in [0.4, 0.5) is 5.69 Å². The summed E-state index contributed by atoms with van der Waals surface area (Å²) in [4.78, 5) is 14.8. The van der Waals surface area contributed by atoms with Gasteiger partial charge in [0.25, 0.3) is 0 Å². The van der Waals surface area contributed by atoms with Gasteiger partial charge in [0.1, 0.15) is 5.56 Å². The van der Waals surface area contributed by atoms with E-state index in [9.17, 15) is 4.79 Å². The molecule has 0 aliphatic rings. The molecule has 0 aromatic carbocycles. The number of aryl methyl sites for hydroxylation is 1. The van der Waals surface area contributed by atoms with Crippen LogP contribution in [0, 0.1) is 6.92 Å². The van der Waals surface area contributed by atoms with Crippen LogP contribution in [-0.4, -0.2) is 22.1 Å². The molecule has 0 saturated heterocycles. The van der Waals surface area contributed by atoms with Crippen molar-refractivity contribution in [3.05, 3.63) is 36.2 Å². The van der Waals surface area contributed by atoms with Crippen LogP contribution in [-0.2, 0) is 0 Å². The molecule has 4 heteroatoms. The second-order valence-corrected chi connectivity index (χ2v) is 3.35. The first-order valence-corrected chi connectivity index (χ1v) is 4.63. The van der Waals surface area contributed by atoms with Crippen molar-refractivity contribution >= 4 is 11.7 Å². The van der Waals surface area contributed by atoms with Crippen LogP contribution in [0.1, 0.15) is 23.0 Å². The summed E-state index contributed by atoms with van der Waals surface area (Å²) in [6.45, 7) is 7.34. The van der Waals surface area contributed by atoms with Crippen LogP contribution in [0.2, 0.25) is 0 Å². The van der Waals surface area contributed by atoms with E-state index in [1.54, 1.807) is 12.1 Å². The number of rotatable bonds is 4. The average molecular weight is 206 g/mol. The van der Waals surface area contributed by atoms with Gasteiger partial charge in [0.05, 0.1) is 5.69 Å². The standard InChI is InChI=1S/C11H14N2O2/c1-4-7(2)13-10-5-8(3)12-6-9(10)11(14)15/h4-7H,1H2,2-3H3,(H,12,13)(H,14,15). The molecule has 1 unspecified atom stereocenters. The molecule has 0 amide bonds. The summed E-state index contributed by atoms with van der Waals surface area (Å²) in [5.41, 5.74) is 1.52. The van der Waals surface area contributed by atoms with E-state index in [1.807, 2.05) is 13.8 Å². The zero-order chi connectivity index (χ0) is 11.4. The van der Waals surface area contributed by atoms with E-state index in [0.29, 0.717) is 5.69 Å². The molecule has 0 saturated carbocycles. The molecule has 1 rings (SSSR count). The highest BCUT2D eigenvalue weighted by atomic mass is 16.4. The van der Waals surface area contributed by atoms with Crippen molar-refractivity contribution in [3.8, 4) is 0 Å². The first kappa shape index (κ1) is 11.2. The predicted molar refractivity (Wildman–Crippen MR) is 59.2 cm³/mol. The highest BCUT2D eigenvalue weighted by Gasteiger charge is 2.11. The number of carboxylic acids is 1. The molecule has 0 radical (unpaired) electrons. The van der Waals surface area contributed by atoms with Crippen molar-refractivity contribution in [1.29, 1.82) is 0 Å². The number of aromatic carboxylic acids is 1. The predicted octanol–water partition coefficient (Wildman–Crippen LogP) is 2.07. The Kier molecular flexibility index (Phi) is 3.44. The number of nitrogens with one attached hydrogen (secondary N) is 1. The quantitative estimate of drug-likeness (QED) is 0.740. The van der Waals surface area contributed by atoms with Gasteiger partial charge in [0.15, 0.2) is 0 Å². The molecule has 1 atom stereocenters. The maximum atomic E-state index is 10.9. The van der Waals surface area contributed by atoms with Gasteiger partial charge in [-0.15, -0.1) is 6.58 Å². The van der Waals surface area contributed by atoms with Gasteiger partial charge in [0, 0.05) is 17.9 Å². The van der Waals surface area contributed by atoms with Gasteiger partial charge in [-0.1, -0.05) is 6.08 Å². The van der Waals surface area contributed by atoms with Gasteiger partial charge in [-0.2, -0.15) is 0 Å². The van der Waals surface area contributed by atoms with E-state index in [1.165, 1.54) is 6.20 Å². The molecule has 4 nitrogen and oxygen atoms in total. The summed E-state index contributed by atoms with van der Waals surface area (Å²) < 4.78 is 0. The molecule has 1 aromatic heterocycles. The minimum atomic E-state index is -0.985. The largest absolute Gasteiger partial charge is 0.478 e. The third-order valence-corrected chi connectivity index (χ3v) is 2.01. The zero-order valence-corrected chi connectivity index (χ0v) is 8.82. The van der Waals surface area contributed by atoms with Crippen LogP contribution in [0.3, 0.4) is 0 Å². The van der Waals surface area contributed by atoms with Crippen molar-refractivity contribution in [3.63, 3.8) is 0 Å². The van der Waals surface area contributed by atoms with Crippen LogP contribution >= 0.6 is 0 Å². The van der Waals surface area contributed by atoms with Crippen molar-refractivity contribution in [2.45, 2.75) is 19.9 Å². The first-order valence-electron chi connectivity index (χ1n) is 4.63. The molecule has 0 bridgehead atoms. The molecular formula is C11H14N2O2. The maximum absolute atomic E-state index is 10.9. The lowest BCUT2D eigenvalue weighted by molar-refractivity contribution is 0.0697. The molecule has 0 fully saturated rings. The van der Waals surface area contributed by atoms with E-state index in [-0.39, 0.29) is 11.6 Å². The zero-order valence-electron chi connectivity index (χ0n) is 8.82. The summed E-state index contributed by atoms with van der Waals surface area (Å²) in [6, 6.07) is 1.73. The minimum absolute atomic E-state index is 0.0184. The molecule has 80 valence electrons. The van der Waals surface area contributed by atoms with Gasteiger partial charge in [-0.3, -0.25) is 4.98 Å². The molecule has 2 N–H and O–H groups in total. The summed E-state index contributed by atoms with van der Waals surface area (Å²) in [5.74, 6) is -0.985. The van der Waals surface area contributed by atoms with Crippen LogP contribution in [0.5, 0.6) is 0 Å². The van der Waals surface area contributed by atoms with Gasteiger partial charge in [-0.25, -0.2) is 4.79 Å². The van der Waals surface area contributed by atoms with Gasteiger partial charge >= 0.3 is 5.97 Å². The van der Waals surface area contributed by atoms with Crippen LogP contribution in [0.25, 0.3) is 0 Å². The molecule has 0 aliphatic carbocycles. The van der Waals surface area contributed by atoms with E-state index in [2.05, 4.69) is 16.9 Å². The van der Waals surface area contributed by atoms with Crippen molar-refractivity contribution in [1.82, 2.24) is 4.98 Å². The summed E-state index contributed by atoms with van der Waals surface area (Å²) in [6.07, 6.45) is 3.07. The first-order chi connectivity index (χ1) is 7.04. The number of anilines is 1. The van der Waals surface area contributed by atoms with E-state index in [4.69, 9.17) is 5.11 Å². The Bertz CT molecular complexity index is 388. The summed E-state index contributed by atoms with van der Waals surface area (Å²) in [7, 11) is 0. The Balaban J connectivity index is 3.07. The molecule has 1 heterocycles. The van der Waals surface area contributed by atoms with Crippen LogP contribution in [0.15, 0.2) is 24.9 Å². The molecular weight excluding hydrogens is 192 g/mol. The smallest absolute Gasteiger partial charge is 0.339 e. The summed E-state index contributed by atoms with van der Waals surface area (Å²) >= 11 is 0. The fraction of sp³-hybridized carbons (Fsp3) is 0.273. The van der Waals surface area contributed by atoms with Crippen molar-refractivity contribution in [2.24, 2.45) is 0 Å². The van der Waals surface area contributed by atoms with Gasteiger partial charge in [-0.05, 0) is 19.9 Å². The van der Waals surface area contributed by atoms with Crippen molar-refractivity contribution < 1.29 is 9.90 Å². The Morgan fingerprint density at radius 3 is 2.93 bits per heavy atom.